The molecule has 1 aromatic rings. The molecule has 0 spiro atoms. The summed E-state index contributed by atoms with van der Waals surface area (Å²) < 4.78 is 11.5. The third kappa shape index (κ3) is 1.70. The van der Waals surface area contributed by atoms with Crippen molar-refractivity contribution >= 4 is 5.57 Å². The summed E-state index contributed by atoms with van der Waals surface area (Å²) in [6, 6.07) is 4.55. The summed E-state index contributed by atoms with van der Waals surface area (Å²) in [4.78, 5) is 2.36. The van der Waals surface area contributed by atoms with Gasteiger partial charge in [0, 0.05) is 6.54 Å². The number of methoxy groups -OCH3 is 1. The van der Waals surface area contributed by atoms with Crippen LogP contribution in [0.3, 0.4) is 0 Å². The number of likely N-dealkylation sites (N-methyl/N-ethyl adjacent to an activating group) is 1. The number of aryl methyl sites for hydroxylation is 1. The van der Waals surface area contributed by atoms with Crippen LogP contribution in [-0.4, -0.2) is 38.3 Å². The summed E-state index contributed by atoms with van der Waals surface area (Å²) in [7, 11) is 3.89. The fourth-order valence-electron chi connectivity index (χ4n) is 2.89. The number of hydrogen-bond acceptors (Lipinski definition) is 3. The molecule has 0 bridgehead atoms. The Morgan fingerprint density at radius 3 is 3.00 bits per heavy atom. The number of nitrogens with zero attached hydrogens (tertiary/aromatic N) is 1. The van der Waals surface area contributed by atoms with Crippen LogP contribution in [0.5, 0.6) is 11.5 Å². The van der Waals surface area contributed by atoms with E-state index in [1.807, 2.05) is 0 Å². The zero-order valence-corrected chi connectivity index (χ0v) is 11.2. The summed E-state index contributed by atoms with van der Waals surface area (Å²) in [5, 5.41) is 0. The average Bonchev–Trinajstić information content (AvgIpc) is 2.37. The summed E-state index contributed by atoms with van der Waals surface area (Å²) in [6.45, 7) is 3.91. The van der Waals surface area contributed by atoms with Gasteiger partial charge in [0.15, 0.2) is 0 Å². The van der Waals surface area contributed by atoms with Crippen LogP contribution in [0, 0.1) is 6.92 Å². The molecule has 96 valence electrons. The van der Waals surface area contributed by atoms with Gasteiger partial charge in [0.05, 0.1) is 18.7 Å². The Morgan fingerprint density at radius 1 is 1.39 bits per heavy atom. The van der Waals surface area contributed by atoms with E-state index >= 15 is 0 Å². The first-order valence-electron chi connectivity index (χ1n) is 6.43. The standard InChI is InChI=1S/C15H19NO2/c1-10-7-13(17-3)15-11-5-4-6-16(2)12(11)9-18-14(15)8-10/h5,7-8,12H,4,6,9H2,1-3H3. The Morgan fingerprint density at radius 2 is 2.22 bits per heavy atom. The van der Waals surface area contributed by atoms with Crippen LogP contribution >= 0.6 is 0 Å². The minimum absolute atomic E-state index is 0.364. The first-order valence-corrected chi connectivity index (χ1v) is 6.43. The molecule has 0 amide bonds. The van der Waals surface area contributed by atoms with E-state index in [0.717, 1.165) is 36.6 Å². The minimum Gasteiger partial charge on any atom is -0.496 e. The first kappa shape index (κ1) is 11.6. The lowest BCUT2D eigenvalue weighted by molar-refractivity contribution is 0.182. The summed E-state index contributed by atoms with van der Waals surface area (Å²) in [5.41, 5.74) is 3.68. The third-order valence-electron chi connectivity index (χ3n) is 3.85. The molecule has 3 rings (SSSR count). The van der Waals surface area contributed by atoms with E-state index in [1.54, 1.807) is 7.11 Å². The van der Waals surface area contributed by atoms with Crippen molar-refractivity contribution in [2.75, 3.05) is 27.3 Å². The molecule has 3 heteroatoms. The van der Waals surface area contributed by atoms with E-state index in [1.165, 1.54) is 11.1 Å². The van der Waals surface area contributed by atoms with Crippen LogP contribution in [-0.2, 0) is 0 Å². The number of rotatable bonds is 1. The molecule has 0 radical (unpaired) electrons. The van der Waals surface area contributed by atoms with Gasteiger partial charge in [-0.15, -0.1) is 0 Å². The predicted octanol–water partition coefficient (Wildman–Crippen LogP) is 2.48. The van der Waals surface area contributed by atoms with Gasteiger partial charge in [0.2, 0.25) is 0 Å². The second-order valence-electron chi connectivity index (χ2n) is 5.10. The lowest BCUT2D eigenvalue weighted by atomic mass is 9.90. The first-order chi connectivity index (χ1) is 8.70. The molecule has 3 nitrogen and oxygen atoms in total. The van der Waals surface area contributed by atoms with Crippen molar-refractivity contribution in [2.45, 2.75) is 19.4 Å². The van der Waals surface area contributed by atoms with Crippen LogP contribution in [0.4, 0.5) is 0 Å². The molecule has 0 aromatic heterocycles. The highest BCUT2D eigenvalue weighted by molar-refractivity contribution is 5.80. The Balaban J connectivity index is 2.16. The molecule has 0 fully saturated rings. The van der Waals surface area contributed by atoms with Gasteiger partial charge in [0.1, 0.15) is 18.1 Å². The van der Waals surface area contributed by atoms with Gasteiger partial charge in [-0.3, -0.25) is 4.90 Å². The van der Waals surface area contributed by atoms with Crippen molar-refractivity contribution < 1.29 is 9.47 Å². The molecular formula is C15H19NO2. The predicted molar refractivity (Wildman–Crippen MR) is 72.2 cm³/mol. The molecule has 2 aliphatic rings. The monoisotopic (exact) mass is 245 g/mol. The van der Waals surface area contributed by atoms with Crippen molar-refractivity contribution in [2.24, 2.45) is 0 Å². The maximum Gasteiger partial charge on any atom is 0.130 e. The Labute approximate surface area is 108 Å². The van der Waals surface area contributed by atoms with Crippen LogP contribution in [0.1, 0.15) is 17.5 Å². The SMILES string of the molecule is COc1cc(C)cc2c1C1=CCCN(C)C1CO2. The number of ether oxygens (including phenoxy) is 2. The van der Waals surface area contributed by atoms with Crippen molar-refractivity contribution in [3.63, 3.8) is 0 Å². The van der Waals surface area contributed by atoms with Gasteiger partial charge >= 0.3 is 0 Å². The number of fused-ring (bicyclic) bond motifs is 3. The van der Waals surface area contributed by atoms with Gasteiger partial charge < -0.3 is 9.47 Å². The van der Waals surface area contributed by atoms with Crippen LogP contribution in [0.25, 0.3) is 5.57 Å². The Bertz CT molecular complexity index is 490. The number of hydrogen-bond donors (Lipinski definition) is 0. The van der Waals surface area contributed by atoms with E-state index in [9.17, 15) is 0 Å². The highest BCUT2D eigenvalue weighted by atomic mass is 16.5. The second kappa shape index (κ2) is 4.32. The second-order valence-corrected chi connectivity index (χ2v) is 5.10. The lowest BCUT2D eigenvalue weighted by Gasteiger charge is -2.38. The van der Waals surface area contributed by atoms with E-state index < -0.39 is 0 Å². The molecule has 18 heavy (non-hydrogen) atoms. The average molecular weight is 245 g/mol. The molecule has 2 heterocycles. The highest BCUT2D eigenvalue weighted by Gasteiger charge is 2.32. The van der Waals surface area contributed by atoms with Gasteiger partial charge in [-0.05, 0) is 43.7 Å². The van der Waals surface area contributed by atoms with Crippen molar-refractivity contribution in [1.29, 1.82) is 0 Å². The molecule has 0 saturated carbocycles. The van der Waals surface area contributed by atoms with Crippen molar-refractivity contribution in [3.05, 3.63) is 29.3 Å². The number of benzene rings is 1. The summed E-state index contributed by atoms with van der Waals surface area (Å²) >= 11 is 0. The molecule has 1 unspecified atom stereocenters. The van der Waals surface area contributed by atoms with E-state index in [0.29, 0.717) is 6.04 Å². The fourth-order valence-corrected chi connectivity index (χ4v) is 2.89. The fraction of sp³-hybridized carbons (Fsp3) is 0.467. The molecular weight excluding hydrogens is 226 g/mol. The molecule has 2 aliphatic heterocycles. The van der Waals surface area contributed by atoms with Gasteiger partial charge in [-0.2, -0.15) is 0 Å². The maximum absolute atomic E-state index is 5.92. The summed E-state index contributed by atoms with van der Waals surface area (Å²) in [5.74, 6) is 1.89. The van der Waals surface area contributed by atoms with Crippen molar-refractivity contribution in [3.8, 4) is 11.5 Å². The van der Waals surface area contributed by atoms with Crippen LogP contribution in [0.2, 0.25) is 0 Å². The molecule has 0 aliphatic carbocycles. The Hall–Kier alpha value is -1.48. The molecule has 1 atom stereocenters. The van der Waals surface area contributed by atoms with E-state index in [2.05, 4.69) is 37.1 Å². The minimum atomic E-state index is 0.364. The van der Waals surface area contributed by atoms with Gasteiger partial charge in [0.25, 0.3) is 0 Å². The van der Waals surface area contributed by atoms with Crippen molar-refractivity contribution in [1.82, 2.24) is 4.90 Å². The Kier molecular flexibility index (Phi) is 2.78. The topological polar surface area (TPSA) is 21.7 Å². The van der Waals surface area contributed by atoms with Crippen LogP contribution < -0.4 is 9.47 Å². The lowest BCUT2D eigenvalue weighted by Crippen LogP contribution is -2.42. The smallest absolute Gasteiger partial charge is 0.130 e. The van der Waals surface area contributed by atoms with Crippen LogP contribution in [0.15, 0.2) is 18.2 Å². The van der Waals surface area contributed by atoms with E-state index in [-0.39, 0.29) is 0 Å². The zero-order valence-electron chi connectivity index (χ0n) is 11.2. The quantitative estimate of drug-likeness (QED) is 0.758. The molecule has 1 aromatic carbocycles. The maximum atomic E-state index is 5.92. The molecule has 0 saturated heterocycles. The van der Waals surface area contributed by atoms with Gasteiger partial charge in [-0.1, -0.05) is 6.08 Å². The molecule has 0 N–H and O–H groups in total. The highest BCUT2D eigenvalue weighted by Crippen LogP contribution is 2.43. The van der Waals surface area contributed by atoms with E-state index in [4.69, 9.17) is 9.47 Å². The summed E-state index contributed by atoms with van der Waals surface area (Å²) in [6.07, 6.45) is 3.43. The largest absolute Gasteiger partial charge is 0.496 e. The zero-order chi connectivity index (χ0) is 12.7. The van der Waals surface area contributed by atoms with Gasteiger partial charge in [-0.25, -0.2) is 0 Å². The normalized spacial score (nSPS) is 22.6. The third-order valence-corrected chi connectivity index (χ3v) is 3.85.